The summed E-state index contributed by atoms with van der Waals surface area (Å²) < 4.78 is 0. The van der Waals surface area contributed by atoms with Gasteiger partial charge in [0.2, 0.25) is 0 Å². The topological polar surface area (TPSA) is 12.0 Å². The molecule has 0 bridgehead atoms. The van der Waals surface area contributed by atoms with Gasteiger partial charge >= 0.3 is 0 Å². The fourth-order valence-corrected chi connectivity index (χ4v) is 5.17. The van der Waals surface area contributed by atoms with Crippen molar-refractivity contribution in [2.45, 2.75) is 83.2 Å². The standard InChI is InChI=1S/C18H29NS/c1-2-5-14-6-3-7-15(11-10-14)19-17-8-4-9-18-16(17)12-13-20-18/h12-15,17,19H,2-11H2,1H3. The van der Waals surface area contributed by atoms with Gasteiger partial charge < -0.3 is 5.32 Å². The molecular formula is C18H29NS. The number of hydrogen-bond acceptors (Lipinski definition) is 2. The third-order valence-electron chi connectivity index (χ3n) is 5.27. The van der Waals surface area contributed by atoms with E-state index in [1.165, 1.54) is 64.2 Å². The van der Waals surface area contributed by atoms with Gasteiger partial charge in [0, 0.05) is 17.0 Å². The summed E-state index contributed by atoms with van der Waals surface area (Å²) in [4.78, 5) is 1.64. The first kappa shape index (κ1) is 14.6. The van der Waals surface area contributed by atoms with Gasteiger partial charge in [-0.25, -0.2) is 0 Å². The van der Waals surface area contributed by atoms with E-state index in [0.717, 1.165) is 12.0 Å². The molecule has 0 radical (unpaired) electrons. The van der Waals surface area contributed by atoms with E-state index in [2.05, 4.69) is 23.7 Å². The summed E-state index contributed by atoms with van der Waals surface area (Å²) in [7, 11) is 0. The monoisotopic (exact) mass is 291 g/mol. The van der Waals surface area contributed by atoms with Crippen molar-refractivity contribution in [1.82, 2.24) is 5.32 Å². The zero-order valence-electron chi connectivity index (χ0n) is 12.9. The summed E-state index contributed by atoms with van der Waals surface area (Å²) in [5, 5.41) is 6.30. The molecule has 0 spiro atoms. The van der Waals surface area contributed by atoms with Gasteiger partial charge in [-0.2, -0.15) is 0 Å². The lowest BCUT2D eigenvalue weighted by molar-refractivity contribution is 0.361. The summed E-state index contributed by atoms with van der Waals surface area (Å²) in [5.74, 6) is 1.01. The van der Waals surface area contributed by atoms with E-state index in [-0.39, 0.29) is 0 Å². The maximum Gasteiger partial charge on any atom is 0.0333 e. The van der Waals surface area contributed by atoms with Crippen LogP contribution in [0, 0.1) is 5.92 Å². The number of rotatable bonds is 4. The lowest BCUT2D eigenvalue weighted by atomic mass is 9.92. The average Bonchev–Trinajstić information content (AvgIpc) is 2.83. The quantitative estimate of drug-likeness (QED) is 0.726. The second kappa shape index (κ2) is 7.09. The maximum atomic E-state index is 4.01. The van der Waals surface area contributed by atoms with Gasteiger partial charge in [0.05, 0.1) is 0 Å². The molecule has 1 fully saturated rings. The first-order valence-corrected chi connectivity index (χ1v) is 9.57. The highest BCUT2D eigenvalue weighted by molar-refractivity contribution is 7.10. The molecule has 3 atom stereocenters. The SMILES string of the molecule is CCCC1CCCC(NC2CCCc3sccc32)CC1. The molecule has 20 heavy (non-hydrogen) atoms. The normalized spacial score (nSPS) is 30.8. The zero-order chi connectivity index (χ0) is 13.8. The van der Waals surface area contributed by atoms with Crippen molar-refractivity contribution in [3.05, 3.63) is 21.9 Å². The van der Waals surface area contributed by atoms with Gasteiger partial charge in [0.25, 0.3) is 0 Å². The van der Waals surface area contributed by atoms with Crippen molar-refractivity contribution in [2.75, 3.05) is 0 Å². The van der Waals surface area contributed by atoms with Crippen molar-refractivity contribution in [1.29, 1.82) is 0 Å². The Morgan fingerprint density at radius 1 is 1.15 bits per heavy atom. The van der Waals surface area contributed by atoms with E-state index in [9.17, 15) is 0 Å². The Balaban J connectivity index is 1.56. The van der Waals surface area contributed by atoms with Crippen molar-refractivity contribution in [3.8, 4) is 0 Å². The molecule has 0 saturated heterocycles. The summed E-state index contributed by atoms with van der Waals surface area (Å²) >= 11 is 1.96. The molecule has 3 rings (SSSR count). The molecule has 1 nitrogen and oxygen atoms in total. The molecule has 3 unspecified atom stereocenters. The summed E-state index contributed by atoms with van der Waals surface area (Å²) in [6.45, 7) is 2.33. The maximum absolute atomic E-state index is 4.01. The van der Waals surface area contributed by atoms with E-state index >= 15 is 0 Å². The predicted molar refractivity (Wildman–Crippen MR) is 88.4 cm³/mol. The minimum absolute atomic E-state index is 0.651. The first-order chi connectivity index (χ1) is 9.86. The Hall–Kier alpha value is -0.340. The summed E-state index contributed by atoms with van der Waals surface area (Å²) in [5.41, 5.74) is 1.62. The molecule has 1 heterocycles. The second-order valence-electron chi connectivity index (χ2n) is 6.77. The Morgan fingerprint density at radius 3 is 3.00 bits per heavy atom. The van der Waals surface area contributed by atoms with E-state index in [1.54, 1.807) is 10.4 Å². The smallest absolute Gasteiger partial charge is 0.0333 e. The van der Waals surface area contributed by atoms with Gasteiger partial charge in [-0.05, 0) is 61.5 Å². The molecule has 1 aromatic heterocycles. The van der Waals surface area contributed by atoms with Crippen LogP contribution in [0.1, 0.15) is 81.2 Å². The van der Waals surface area contributed by atoms with Crippen molar-refractivity contribution < 1.29 is 0 Å². The highest BCUT2D eigenvalue weighted by Gasteiger charge is 2.25. The van der Waals surface area contributed by atoms with E-state index in [4.69, 9.17) is 0 Å². The molecular weight excluding hydrogens is 262 g/mol. The lowest BCUT2D eigenvalue weighted by Gasteiger charge is -2.28. The van der Waals surface area contributed by atoms with E-state index in [1.807, 2.05) is 11.3 Å². The largest absolute Gasteiger partial charge is 0.307 e. The van der Waals surface area contributed by atoms with Crippen LogP contribution in [0.2, 0.25) is 0 Å². The Bertz CT molecular complexity index is 411. The second-order valence-corrected chi connectivity index (χ2v) is 7.77. The highest BCUT2D eigenvalue weighted by atomic mass is 32.1. The third kappa shape index (κ3) is 3.46. The van der Waals surface area contributed by atoms with Crippen LogP contribution in [-0.4, -0.2) is 6.04 Å². The Labute approximate surface area is 128 Å². The van der Waals surface area contributed by atoms with Crippen LogP contribution in [0.4, 0.5) is 0 Å². The summed E-state index contributed by atoms with van der Waals surface area (Å²) in [6, 6.07) is 3.79. The molecule has 0 aromatic carbocycles. The summed E-state index contributed by atoms with van der Waals surface area (Å²) in [6.07, 6.45) is 14.0. The van der Waals surface area contributed by atoms with Crippen LogP contribution in [-0.2, 0) is 6.42 Å². The predicted octanol–water partition coefficient (Wildman–Crippen LogP) is 5.46. The molecule has 2 aliphatic carbocycles. The van der Waals surface area contributed by atoms with Crippen LogP contribution < -0.4 is 5.32 Å². The van der Waals surface area contributed by atoms with Gasteiger partial charge in [0.1, 0.15) is 0 Å². The number of thiophene rings is 1. The molecule has 2 heteroatoms. The third-order valence-corrected chi connectivity index (χ3v) is 6.27. The van der Waals surface area contributed by atoms with E-state index in [0.29, 0.717) is 6.04 Å². The lowest BCUT2D eigenvalue weighted by Crippen LogP contribution is -2.34. The molecule has 0 amide bonds. The van der Waals surface area contributed by atoms with Gasteiger partial charge in [-0.1, -0.05) is 32.6 Å². The van der Waals surface area contributed by atoms with Crippen LogP contribution in [0.3, 0.4) is 0 Å². The number of hydrogen-bond donors (Lipinski definition) is 1. The Morgan fingerprint density at radius 2 is 2.10 bits per heavy atom. The molecule has 1 saturated carbocycles. The Kier molecular flexibility index (Phi) is 5.17. The van der Waals surface area contributed by atoms with E-state index < -0.39 is 0 Å². The average molecular weight is 292 g/mol. The van der Waals surface area contributed by atoms with Crippen molar-refractivity contribution in [3.63, 3.8) is 0 Å². The molecule has 112 valence electrons. The highest BCUT2D eigenvalue weighted by Crippen LogP contribution is 2.35. The van der Waals surface area contributed by atoms with Gasteiger partial charge in [0.15, 0.2) is 0 Å². The fourth-order valence-electron chi connectivity index (χ4n) is 4.19. The van der Waals surface area contributed by atoms with Crippen LogP contribution in [0.25, 0.3) is 0 Å². The molecule has 2 aliphatic rings. The number of fused-ring (bicyclic) bond motifs is 1. The van der Waals surface area contributed by atoms with Crippen molar-refractivity contribution in [2.24, 2.45) is 5.92 Å². The zero-order valence-corrected chi connectivity index (χ0v) is 13.7. The van der Waals surface area contributed by atoms with Crippen LogP contribution >= 0.6 is 11.3 Å². The van der Waals surface area contributed by atoms with Gasteiger partial charge in [-0.3, -0.25) is 0 Å². The van der Waals surface area contributed by atoms with Gasteiger partial charge in [-0.15, -0.1) is 11.3 Å². The molecule has 0 aliphatic heterocycles. The minimum Gasteiger partial charge on any atom is -0.307 e. The van der Waals surface area contributed by atoms with Crippen LogP contribution in [0.15, 0.2) is 11.4 Å². The molecule has 1 aromatic rings. The number of aryl methyl sites for hydroxylation is 1. The van der Waals surface area contributed by atoms with Crippen molar-refractivity contribution >= 4 is 11.3 Å². The minimum atomic E-state index is 0.651. The molecule has 1 N–H and O–H groups in total. The first-order valence-electron chi connectivity index (χ1n) is 8.69. The fraction of sp³-hybridized carbons (Fsp3) is 0.778. The number of nitrogens with one attached hydrogen (secondary N) is 1. The van der Waals surface area contributed by atoms with Crippen LogP contribution in [0.5, 0.6) is 0 Å².